The fourth-order valence-corrected chi connectivity index (χ4v) is 2.33. The number of nitrogens with one attached hydrogen (secondary N) is 1. The molecule has 1 aromatic rings. The number of aromatic nitrogens is 1. The highest BCUT2D eigenvalue weighted by atomic mass is 15.1. The summed E-state index contributed by atoms with van der Waals surface area (Å²) in [6, 6.07) is 2.06. The van der Waals surface area contributed by atoms with Crippen LogP contribution in [0.2, 0.25) is 0 Å². The second-order valence-corrected chi connectivity index (χ2v) is 5.12. The molecule has 1 aliphatic heterocycles. The predicted molar refractivity (Wildman–Crippen MR) is 70.4 cm³/mol. The molecule has 17 heavy (non-hydrogen) atoms. The third-order valence-electron chi connectivity index (χ3n) is 3.85. The number of anilines is 1. The second-order valence-electron chi connectivity index (χ2n) is 5.12. The zero-order chi connectivity index (χ0) is 12.5. The zero-order valence-corrected chi connectivity index (χ0v) is 10.5. The lowest BCUT2D eigenvalue weighted by Crippen LogP contribution is -2.45. The number of aryl methyl sites for hydroxylation is 1. The minimum absolute atomic E-state index is 0.114. The Hall–Kier alpha value is -1.58. The van der Waals surface area contributed by atoms with Crippen molar-refractivity contribution in [1.82, 2.24) is 4.98 Å². The molecule has 4 heteroatoms. The quantitative estimate of drug-likeness (QED) is 0.605. The van der Waals surface area contributed by atoms with E-state index < -0.39 is 0 Å². The van der Waals surface area contributed by atoms with Crippen molar-refractivity contribution in [2.75, 3.05) is 18.0 Å². The van der Waals surface area contributed by atoms with Crippen molar-refractivity contribution in [3.63, 3.8) is 0 Å². The molecule has 3 N–H and O–H groups in total. The Morgan fingerprint density at radius 2 is 2.12 bits per heavy atom. The van der Waals surface area contributed by atoms with Gasteiger partial charge in [0.25, 0.3) is 0 Å². The fourth-order valence-electron chi connectivity index (χ4n) is 2.33. The van der Waals surface area contributed by atoms with Crippen LogP contribution in [0.25, 0.3) is 0 Å². The van der Waals surface area contributed by atoms with Crippen LogP contribution in [-0.4, -0.2) is 23.9 Å². The van der Waals surface area contributed by atoms with E-state index in [4.69, 9.17) is 11.1 Å². The Morgan fingerprint density at radius 1 is 1.47 bits per heavy atom. The highest BCUT2D eigenvalue weighted by Crippen LogP contribution is 2.33. The van der Waals surface area contributed by atoms with Crippen molar-refractivity contribution in [3.8, 4) is 0 Å². The van der Waals surface area contributed by atoms with Gasteiger partial charge in [0.2, 0.25) is 0 Å². The third kappa shape index (κ3) is 2.25. The van der Waals surface area contributed by atoms with Gasteiger partial charge in [0.05, 0.1) is 5.84 Å². The lowest BCUT2D eigenvalue weighted by molar-refractivity contribution is 0.351. The molecule has 2 heterocycles. The molecule has 0 bridgehead atoms. The Bertz CT molecular complexity index is 419. The molecule has 1 fully saturated rings. The first-order valence-electron chi connectivity index (χ1n) is 6.03. The van der Waals surface area contributed by atoms with Gasteiger partial charge in [-0.1, -0.05) is 6.92 Å². The molecule has 2 rings (SSSR count). The molecule has 1 aliphatic rings. The van der Waals surface area contributed by atoms with Gasteiger partial charge in [-0.3, -0.25) is 10.4 Å². The highest BCUT2D eigenvalue weighted by Gasteiger charge is 2.33. The van der Waals surface area contributed by atoms with Crippen molar-refractivity contribution < 1.29 is 0 Å². The minimum Gasteiger partial charge on any atom is -0.387 e. The average molecular weight is 232 g/mol. The molecule has 0 atom stereocenters. The lowest BCUT2D eigenvalue weighted by Gasteiger charge is -2.40. The molecule has 0 radical (unpaired) electrons. The Morgan fingerprint density at radius 3 is 2.65 bits per heavy atom. The molecular formula is C13H20N4. The van der Waals surface area contributed by atoms with Crippen LogP contribution in [0.1, 0.15) is 25.3 Å². The summed E-state index contributed by atoms with van der Waals surface area (Å²) in [5, 5.41) is 7.65. The van der Waals surface area contributed by atoms with Crippen molar-refractivity contribution >= 4 is 11.5 Å². The number of amidine groups is 1. The smallest absolute Gasteiger partial charge is 0.0967 e. The Labute approximate surface area is 102 Å². The number of hydrogen-bond acceptors (Lipinski definition) is 3. The number of hydrogen-bond donors (Lipinski definition) is 2. The topological polar surface area (TPSA) is 66.0 Å². The van der Waals surface area contributed by atoms with Crippen LogP contribution < -0.4 is 10.6 Å². The molecule has 0 aromatic carbocycles. The number of piperidine rings is 1. The van der Waals surface area contributed by atoms with Gasteiger partial charge in [0, 0.05) is 36.6 Å². The van der Waals surface area contributed by atoms with Crippen molar-refractivity contribution in [3.05, 3.63) is 24.0 Å². The van der Waals surface area contributed by atoms with Crippen LogP contribution in [0.3, 0.4) is 0 Å². The van der Waals surface area contributed by atoms with Gasteiger partial charge in [-0.2, -0.15) is 0 Å². The third-order valence-corrected chi connectivity index (χ3v) is 3.85. The maximum atomic E-state index is 7.65. The van der Waals surface area contributed by atoms with E-state index in [1.165, 1.54) is 11.3 Å². The standard InChI is InChI=1S/C13H20N4/c1-10-9-16-6-3-11(10)17-7-4-13(2,5-8-17)12(14)15/h3,6,9H,4-5,7-8H2,1-2H3,(H3,14,15). The summed E-state index contributed by atoms with van der Waals surface area (Å²) in [4.78, 5) is 6.48. The molecule has 0 saturated carbocycles. The Balaban J connectivity index is 2.10. The summed E-state index contributed by atoms with van der Waals surface area (Å²) in [5.74, 6) is 0.323. The summed E-state index contributed by atoms with van der Waals surface area (Å²) in [5.41, 5.74) is 8.02. The lowest BCUT2D eigenvalue weighted by atomic mass is 9.79. The summed E-state index contributed by atoms with van der Waals surface area (Å²) in [6.07, 6.45) is 5.63. The van der Waals surface area contributed by atoms with E-state index in [1.54, 1.807) is 0 Å². The summed E-state index contributed by atoms with van der Waals surface area (Å²) < 4.78 is 0. The molecule has 1 saturated heterocycles. The predicted octanol–water partition coefficient (Wildman–Crippen LogP) is 1.93. The van der Waals surface area contributed by atoms with Crippen LogP contribution >= 0.6 is 0 Å². The maximum absolute atomic E-state index is 7.65. The monoisotopic (exact) mass is 232 g/mol. The first kappa shape index (κ1) is 11.9. The molecule has 4 nitrogen and oxygen atoms in total. The summed E-state index contributed by atoms with van der Waals surface area (Å²) >= 11 is 0. The van der Waals surface area contributed by atoms with E-state index in [-0.39, 0.29) is 5.41 Å². The average Bonchev–Trinajstić information content (AvgIpc) is 2.31. The molecule has 92 valence electrons. The van der Waals surface area contributed by atoms with Gasteiger partial charge in [-0.15, -0.1) is 0 Å². The van der Waals surface area contributed by atoms with Crippen LogP contribution in [-0.2, 0) is 0 Å². The molecule has 1 aromatic heterocycles. The first-order chi connectivity index (χ1) is 8.03. The highest BCUT2D eigenvalue weighted by molar-refractivity contribution is 5.83. The molecule has 0 aliphatic carbocycles. The van der Waals surface area contributed by atoms with Crippen LogP contribution in [0.15, 0.2) is 18.5 Å². The summed E-state index contributed by atoms with van der Waals surface area (Å²) in [7, 11) is 0. The number of rotatable bonds is 2. The van der Waals surface area contributed by atoms with Crippen molar-refractivity contribution in [1.29, 1.82) is 5.41 Å². The number of nitrogens with two attached hydrogens (primary N) is 1. The van der Waals surface area contributed by atoms with E-state index in [2.05, 4.69) is 29.8 Å². The zero-order valence-electron chi connectivity index (χ0n) is 10.5. The van der Waals surface area contributed by atoms with Crippen LogP contribution in [0.4, 0.5) is 5.69 Å². The van der Waals surface area contributed by atoms with Crippen molar-refractivity contribution in [2.24, 2.45) is 11.1 Å². The Kier molecular flexibility index (Phi) is 3.05. The molecule has 0 amide bonds. The number of nitrogens with zero attached hydrogens (tertiary/aromatic N) is 2. The van der Waals surface area contributed by atoms with Gasteiger partial charge >= 0.3 is 0 Å². The van der Waals surface area contributed by atoms with Gasteiger partial charge < -0.3 is 10.6 Å². The van der Waals surface area contributed by atoms with E-state index in [9.17, 15) is 0 Å². The van der Waals surface area contributed by atoms with Crippen LogP contribution in [0, 0.1) is 17.7 Å². The van der Waals surface area contributed by atoms with E-state index in [1.807, 2.05) is 12.4 Å². The first-order valence-corrected chi connectivity index (χ1v) is 6.03. The molecular weight excluding hydrogens is 212 g/mol. The van der Waals surface area contributed by atoms with Gasteiger partial charge in [0.1, 0.15) is 0 Å². The van der Waals surface area contributed by atoms with Crippen LogP contribution in [0.5, 0.6) is 0 Å². The van der Waals surface area contributed by atoms with E-state index in [0.29, 0.717) is 5.84 Å². The SMILES string of the molecule is Cc1cnccc1N1CCC(C)(C(=N)N)CC1. The van der Waals surface area contributed by atoms with E-state index in [0.717, 1.165) is 25.9 Å². The van der Waals surface area contributed by atoms with Gasteiger partial charge in [-0.25, -0.2) is 0 Å². The minimum atomic E-state index is -0.114. The second kappa shape index (κ2) is 4.35. The normalized spacial score (nSPS) is 19.1. The molecule has 0 unspecified atom stereocenters. The number of pyridine rings is 1. The van der Waals surface area contributed by atoms with Gasteiger partial charge in [0.15, 0.2) is 0 Å². The van der Waals surface area contributed by atoms with Gasteiger partial charge in [-0.05, 0) is 31.4 Å². The largest absolute Gasteiger partial charge is 0.387 e. The van der Waals surface area contributed by atoms with Crippen molar-refractivity contribution in [2.45, 2.75) is 26.7 Å². The maximum Gasteiger partial charge on any atom is 0.0967 e. The van der Waals surface area contributed by atoms with E-state index >= 15 is 0 Å². The fraction of sp³-hybridized carbons (Fsp3) is 0.538. The summed E-state index contributed by atoms with van der Waals surface area (Å²) in [6.45, 7) is 6.09. The molecule has 0 spiro atoms.